The Bertz CT molecular complexity index is 701. The maximum atomic E-state index is 13.3. The highest BCUT2D eigenvalue weighted by Crippen LogP contribution is 2.33. The first kappa shape index (κ1) is 13.1. The van der Waals surface area contributed by atoms with E-state index in [9.17, 15) is 9.18 Å². The number of ketones is 1. The van der Waals surface area contributed by atoms with E-state index in [0.29, 0.717) is 11.3 Å². The molecule has 3 heteroatoms. The summed E-state index contributed by atoms with van der Waals surface area (Å²) in [5.74, 6) is 0.193. The molecule has 2 aromatic rings. The molecule has 0 N–H and O–H groups in total. The van der Waals surface area contributed by atoms with Crippen molar-refractivity contribution < 1.29 is 9.18 Å². The molecule has 2 aromatic carbocycles. The fourth-order valence-corrected chi connectivity index (χ4v) is 3.17. The molecule has 1 aliphatic heterocycles. The van der Waals surface area contributed by atoms with Crippen LogP contribution in [-0.4, -0.2) is 11.5 Å². The second kappa shape index (κ2) is 5.25. The molecule has 0 radical (unpaired) electrons. The molecule has 0 atom stereocenters. The fourth-order valence-electron chi connectivity index (χ4n) is 2.17. The first-order valence-corrected chi connectivity index (χ1v) is 7.36. The van der Waals surface area contributed by atoms with Crippen molar-refractivity contribution >= 4 is 23.6 Å². The average molecular weight is 284 g/mol. The van der Waals surface area contributed by atoms with Gasteiger partial charge in [0.05, 0.1) is 0 Å². The van der Waals surface area contributed by atoms with Crippen LogP contribution in [0.4, 0.5) is 4.39 Å². The lowest BCUT2D eigenvalue weighted by Crippen LogP contribution is -2.12. The highest BCUT2D eigenvalue weighted by molar-refractivity contribution is 7.99. The normalized spacial score (nSPS) is 16.3. The van der Waals surface area contributed by atoms with Crippen LogP contribution in [0.25, 0.3) is 6.08 Å². The minimum Gasteiger partial charge on any atom is -0.289 e. The lowest BCUT2D eigenvalue weighted by Gasteiger charge is -2.16. The molecule has 0 saturated heterocycles. The van der Waals surface area contributed by atoms with E-state index in [2.05, 4.69) is 0 Å². The number of benzene rings is 2. The molecule has 0 bridgehead atoms. The van der Waals surface area contributed by atoms with Crippen molar-refractivity contribution in [3.8, 4) is 0 Å². The van der Waals surface area contributed by atoms with Gasteiger partial charge in [0.25, 0.3) is 0 Å². The van der Waals surface area contributed by atoms with Crippen LogP contribution in [0.1, 0.15) is 21.5 Å². The third-order valence-corrected chi connectivity index (χ3v) is 4.40. The summed E-state index contributed by atoms with van der Waals surface area (Å²) < 4.78 is 13.3. The van der Waals surface area contributed by atoms with Crippen LogP contribution < -0.4 is 0 Å². The van der Waals surface area contributed by atoms with Crippen molar-refractivity contribution in [2.75, 3.05) is 5.75 Å². The third kappa shape index (κ3) is 2.54. The van der Waals surface area contributed by atoms with Gasteiger partial charge >= 0.3 is 0 Å². The van der Waals surface area contributed by atoms with Gasteiger partial charge in [0.1, 0.15) is 5.82 Å². The van der Waals surface area contributed by atoms with E-state index in [1.807, 2.05) is 37.3 Å². The number of carbonyl (C=O) groups excluding carboxylic acids is 1. The molecular weight excluding hydrogens is 271 g/mol. The highest BCUT2D eigenvalue weighted by atomic mass is 32.2. The van der Waals surface area contributed by atoms with Gasteiger partial charge < -0.3 is 0 Å². The summed E-state index contributed by atoms with van der Waals surface area (Å²) in [6, 6.07) is 12.4. The standard InChI is InChI=1S/C17H13FOS/c1-11-2-4-12(5-3-11)8-13-10-20-16-7-6-14(18)9-15(16)17(13)19/h2-9H,10H2,1H3. The average Bonchev–Trinajstić information content (AvgIpc) is 2.45. The quantitative estimate of drug-likeness (QED) is 0.717. The van der Waals surface area contributed by atoms with Gasteiger partial charge in [-0.25, -0.2) is 4.39 Å². The van der Waals surface area contributed by atoms with Gasteiger partial charge in [-0.1, -0.05) is 29.8 Å². The molecule has 0 saturated carbocycles. The van der Waals surface area contributed by atoms with E-state index in [0.717, 1.165) is 16.0 Å². The number of carbonyl (C=O) groups is 1. The zero-order chi connectivity index (χ0) is 14.1. The maximum Gasteiger partial charge on any atom is 0.191 e. The second-order valence-corrected chi connectivity index (χ2v) is 5.86. The highest BCUT2D eigenvalue weighted by Gasteiger charge is 2.22. The second-order valence-electron chi connectivity index (χ2n) is 4.84. The first-order valence-electron chi connectivity index (χ1n) is 6.38. The molecule has 0 aromatic heterocycles. The Labute approximate surface area is 121 Å². The molecule has 0 unspecified atom stereocenters. The number of hydrogen-bond acceptors (Lipinski definition) is 2. The van der Waals surface area contributed by atoms with E-state index in [-0.39, 0.29) is 11.6 Å². The minimum absolute atomic E-state index is 0.0705. The van der Waals surface area contributed by atoms with Crippen molar-refractivity contribution in [2.45, 2.75) is 11.8 Å². The Morgan fingerprint density at radius 2 is 1.90 bits per heavy atom. The summed E-state index contributed by atoms with van der Waals surface area (Å²) in [4.78, 5) is 13.3. The topological polar surface area (TPSA) is 17.1 Å². The zero-order valence-electron chi connectivity index (χ0n) is 11.0. The lowest BCUT2D eigenvalue weighted by atomic mass is 10.0. The molecule has 0 amide bonds. The summed E-state index contributed by atoms with van der Waals surface area (Å²) in [6.07, 6.45) is 1.89. The Morgan fingerprint density at radius 1 is 1.15 bits per heavy atom. The van der Waals surface area contributed by atoms with Crippen LogP contribution in [0.5, 0.6) is 0 Å². The molecule has 0 aliphatic carbocycles. The lowest BCUT2D eigenvalue weighted by molar-refractivity contribution is 0.103. The monoisotopic (exact) mass is 284 g/mol. The summed E-state index contributed by atoms with van der Waals surface area (Å²) in [5, 5.41) is 0. The van der Waals surface area contributed by atoms with Crippen LogP contribution in [-0.2, 0) is 0 Å². The largest absolute Gasteiger partial charge is 0.289 e. The van der Waals surface area contributed by atoms with E-state index in [4.69, 9.17) is 0 Å². The van der Waals surface area contributed by atoms with Crippen molar-refractivity contribution in [1.29, 1.82) is 0 Å². The van der Waals surface area contributed by atoms with Crippen molar-refractivity contribution in [1.82, 2.24) is 0 Å². The first-order chi connectivity index (χ1) is 9.63. The van der Waals surface area contributed by atoms with E-state index >= 15 is 0 Å². The smallest absolute Gasteiger partial charge is 0.191 e. The molecule has 0 spiro atoms. The van der Waals surface area contributed by atoms with Gasteiger partial charge in [0, 0.05) is 21.8 Å². The van der Waals surface area contributed by atoms with Gasteiger partial charge in [-0.2, -0.15) is 0 Å². The molecule has 1 nitrogen and oxygen atoms in total. The third-order valence-electron chi connectivity index (χ3n) is 3.28. The molecule has 3 rings (SSSR count). The summed E-state index contributed by atoms with van der Waals surface area (Å²) in [7, 11) is 0. The summed E-state index contributed by atoms with van der Waals surface area (Å²) in [6.45, 7) is 2.03. The molecule has 1 aliphatic rings. The van der Waals surface area contributed by atoms with Crippen LogP contribution in [0.15, 0.2) is 52.9 Å². The van der Waals surface area contributed by atoms with E-state index < -0.39 is 0 Å². The zero-order valence-corrected chi connectivity index (χ0v) is 11.8. The van der Waals surface area contributed by atoms with Crippen LogP contribution >= 0.6 is 11.8 Å². The van der Waals surface area contributed by atoms with Gasteiger partial charge in [-0.05, 0) is 36.8 Å². The Hall–Kier alpha value is -1.87. The van der Waals surface area contributed by atoms with Gasteiger partial charge in [0.2, 0.25) is 0 Å². The fraction of sp³-hybridized carbons (Fsp3) is 0.118. The number of hydrogen-bond donors (Lipinski definition) is 0. The molecule has 100 valence electrons. The van der Waals surface area contributed by atoms with Crippen LogP contribution in [0.3, 0.4) is 0 Å². The molecular formula is C17H13FOS. The number of Topliss-reactive ketones (excluding diaryl/α,β-unsaturated/α-hetero) is 1. The van der Waals surface area contributed by atoms with Crippen molar-refractivity contribution in [2.24, 2.45) is 0 Å². The Balaban J connectivity index is 1.97. The van der Waals surface area contributed by atoms with Crippen molar-refractivity contribution in [3.05, 3.63) is 70.5 Å². The van der Waals surface area contributed by atoms with E-state index in [1.165, 1.54) is 17.7 Å². The maximum absolute atomic E-state index is 13.3. The number of thioether (sulfide) groups is 1. The van der Waals surface area contributed by atoms with Gasteiger partial charge in [-0.3, -0.25) is 4.79 Å². The van der Waals surface area contributed by atoms with E-state index in [1.54, 1.807) is 17.8 Å². The van der Waals surface area contributed by atoms with Crippen LogP contribution in [0, 0.1) is 12.7 Å². The minimum atomic E-state index is -0.366. The summed E-state index contributed by atoms with van der Waals surface area (Å²) >= 11 is 1.58. The molecule has 20 heavy (non-hydrogen) atoms. The van der Waals surface area contributed by atoms with Crippen molar-refractivity contribution in [3.63, 3.8) is 0 Å². The number of halogens is 1. The van der Waals surface area contributed by atoms with Crippen LogP contribution in [0.2, 0.25) is 0 Å². The number of fused-ring (bicyclic) bond motifs is 1. The number of rotatable bonds is 1. The number of aryl methyl sites for hydroxylation is 1. The predicted molar refractivity (Wildman–Crippen MR) is 80.6 cm³/mol. The Kier molecular flexibility index (Phi) is 3.45. The van der Waals surface area contributed by atoms with Gasteiger partial charge in [0.15, 0.2) is 5.78 Å². The molecule has 1 heterocycles. The Morgan fingerprint density at radius 3 is 2.65 bits per heavy atom. The van der Waals surface area contributed by atoms with Gasteiger partial charge in [-0.15, -0.1) is 11.8 Å². The SMILES string of the molecule is Cc1ccc(C=C2CSc3ccc(F)cc3C2=O)cc1. The molecule has 0 fully saturated rings. The summed E-state index contributed by atoms with van der Waals surface area (Å²) in [5.41, 5.74) is 3.37. The predicted octanol–water partition coefficient (Wildman–Crippen LogP) is 4.51.